The summed E-state index contributed by atoms with van der Waals surface area (Å²) < 4.78 is 0. The van der Waals surface area contributed by atoms with Crippen molar-refractivity contribution in [2.75, 3.05) is 31.8 Å². The highest BCUT2D eigenvalue weighted by Gasteiger charge is 2.18. The van der Waals surface area contributed by atoms with Crippen LogP contribution in [0.5, 0.6) is 0 Å². The summed E-state index contributed by atoms with van der Waals surface area (Å²) in [7, 11) is 3.40. The van der Waals surface area contributed by atoms with Crippen LogP contribution in [0.4, 0.5) is 11.4 Å². The molecule has 0 saturated carbocycles. The Hall–Kier alpha value is -1.75. The molecule has 5 heteroatoms. The zero-order chi connectivity index (χ0) is 13.9. The molecule has 0 atom stereocenters. The van der Waals surface area contributed by atoms with Gasteiger partial charge in [-0.15, -0.1) is 0 Å². The van der Waals surface area contributed by atoms with Gasteiger partial charge in [0.1, 0.15) is 0 Å². The van der Waals surface area contributed by atoms with E-state index in [4.69, 9.17) is 5.73 Å². The zero-order valence-corrected chi connectivity index (χ0v) is 11.3. The first kappa shape index (κ1) is 14.3. The maximum atomic E-state index is 11.9. The van der Waals surface area contributed by atoms with Crippen LogP contribution in [0.1, 0.15) is 24.2 Å². The number of nitrogens with zero attached hydrogens (tertiary/aromatic N) is 1. The minimum absolute atomic E-state index is 0.0295. The normalized spacial score (nSPS) is 11.2. The highest BCUT2D eigenvalue weighted by Crippen LogP contribution is 2.24. The Morgan fingerprint density at radius 3 is 2.56 bits per heavy atom. The average molecular weight is 251 g/mol. The molecule has 0 aliphatic rings. The van der Waals surface area contributed by atoms with Crippen molar-refractivity contribution in [2.45, 2.75) is 19.4 Å². The molecule has 1 aromatic carbocycles. The van der Waals surface area contributed by atoms with E-state index in [2.05, 4.69) is 5.32 Å². The summed E-state index contributed by atoms with van der Waals surface area (Å²) in [5.41, 5.74) is 7.13. The van der Waals surface area contributed by atoms with E-state index in [1.54, 1.807) is 32.3 Å². The molecule has 0 saturated heterocycles. The highest BCUT2D eigenvalue weighted by atomic mass is 16.3. The summed E-state index contributed by atoms with van der Waals surface area (Å²) in [5, 5.41) is 12.4. The van der Waals surface area contributed by atoms with E-state index >= 15 is 0 Å². The second kappa shape index (κ2) is 5.27. The predicted octanol–water partition coefficient (Wildman–Crippen LogP) is 1.15. The van der Waals surface area contributed by atoms with E-state index in [0.29, 0.717) is 16.9 Å². The number of rotatable bonds is 4. The van der Waals surface area contributed by atoms with Crippen LogP contribution in [0, 0.1) is 0 Å². The summed E-state index contributed by atoms with van der Waals surface area (Å²) in [5.74, 6) is -0.0835. The molecule has 100 valence electrons. The molecule has 0 spiro atoms. The third-order valence-electron chi connectivity index (χ3n) is 2.57. The fraction of sp³-hybridized carbons (Fsp3) is 0.462. The summed E-state index contributed by atoms with van der Waals surface area (Å²) in [6.45, 7) is 3.68. The number of carbonyl (C=O) groups is 1. The van der Waals surface area contributed by atoms with Crippen molar-refractivity contribution in [2.24, 2.45) is 0 Å². The topological polar surface area (TPSA) is 78.6 Å². The number of nitrogens with two attached hydrogens (primary N) is 1. The molecule has 0 bridgehead atoms. The third kappa shape index (κ3) is 3.37. The van der Waals surface area contributed by atoms with Crippen molar-refractivity contribution in [1.82, 2.24) is 4.90 Å². The Kier molecular flexibility index (Phi) is 4.19. The number of nitrogen functional groups attached to an aromatic ring is 1. The van der Waals surface area contributed by atoms with Gasteiger partial charge in [-0.3, -0.25) is 4.79 Å². The molecule has 0 heterocycles. The Morgan fingerprint density at radius 2 is 2.06 bits per heavy atom. The molecular formula is C13H21N3O2. The number of nitrogens with one attached hydrogen (secondary N) is 1. The summed E-state index contributed by atoms with van der Waals surface area (Å²) in [4.78, 5) is 13.4. The third-order valence-corrected chi connectivity index (χ3v) is 2.57. The van der Waals surface area contributed by atoms with Crippen molar-refractivity contribution >= 4 is 17.3 Å². The van der Waals surface area contributed by atoms with E-state index in [1.807, 2.05) is 13.8 Å². The first-order chi connectivity index (χ1) is 8.26. The maximum Gasteiger partial charge on any atom is 0.253 e. The molecule has 0 radical (unpaired) electrons. The quantitative estimate of drug-likeness (QED) is 0.701. The number of hydrogen-bond donors (Lipinski definition) is 3. The van der Waals surface area contributed by atoms with Gasteiger partial charge in [0.05, 0.1) is 23.5 Å². The minimum Gasteiger partial charge on any atom is -0.397 e. The predicted molar refractivity (Wildman–Crippen MR) is 73.7 cm³/mol. The van der Waals surface area contributed by atoms with Crippen molar-refractivity contribution in [1.29, 1.82) is 0 Å². The van der Waals surface area contributed by atoms with Crippen molar-refractivity contribution < 1.29 is 9.90 Å². The fourth-order valence-electron chi connectivity index (χ4n) is 1.46. The minimum atomic E-state index is -0.492. The molecule has 5 nitrogen and oxygen atoms in total. The van der Waals surface area contributed by atoms with Crippen LogP contribution >= 0.6 is 0 Å². The van der Waals surface area contributed by atoms with Crippen LogP contribution in [-0.2, 0) is 0 Å². The molecule has 1 amide bonds. The molecule has 0 aliphatic heterocycles. The van der Waals surface area contributed by atoms with Gasteiger partial charge in [0.15, 0.2) is 0 Å². The monoisotopic (exact) mass is 251 g/mol. The number of benzene rings is 1. The molecule has 1 rings (SSSR count). The number of carbonyl (C=O) groups excluding carboxylic acids is 1. The second-order valence-corrected chi connectivity index (χ2v) is 5.17. The summed E-state index contributed by atoms with van der Waals surface area (Å²) in [6, 6.07) is 5.08. The van der Waals surface area contributed by atoms with Crippen molar-refractivity contribution in [3.05, 3.63) is 23.8 Å². The first-order valence-corrected chi connectivity index (χ1v) is 5.77. The number of hydrogen-bond acceptors (Lipinski definition) is 4. The van der Waals surface area contributed by atoms with E-state index in [0.717, 1.165) is 0 Å². The highest BCUT2D eigenvalue weighted by molar-refractivity contribution is 5.95. The second-order valence-electron chi connectivity index (χ2n) is 5.17. The lowest BCUT2D eigenvalue weighted by molar-refractivity contribution is 0.0827. The van der Waals surface area contributed by atoms with Gasteiger partial charge in [0.25, 0.3) is 5.91 Å². The SMILES string of the molecule is CN(C)C(=O)c1ccc(N)c(NC(C)(C)CO)c1. The Balaban J connectivity index is 3.06. The van der Waals surface area contributed by atoms with Gasteiger partial charge in [0, 0.05) is 19.7 Å². The van der Waals surface area contributed by atoms with Gasteiger partial charge in [-0.25, -0.2) is 0 Å². The van der Waals surface area contributed by atoms with Crippen LogP contribution in [0.25, 0.3) is 0 Å². The molecular weight excluding hydrogens is 230 g/mol. The van der Waals surface area contributed by atoms with Gasteiger partial charge >= 0.3 is 0 Å². The Labute approximate surface area is 108 Å². The number of aliphatic hydroxyl groups is 1. The van der Waals surface area contributed by atoms with Gasteiger partial charge in [-0.1, -0.05) is 0 Å². The summed E-state index contributed by atoms with van der Waals surface area (Å²) in [6.07, 6.45) is 0. The standard InChI is InChI=1S/C13H21N3O2/c1-13(2,8-17)15-11-7-9(5-6-10(11)14)12(18)16(3)4/h5-7,15,17H,8,14H2,1-4H3. The smallest absolute Gasteiger partial charge is 0.253 e. The number of anilines is 2. The molecule has 0 aliphatic carbocycles. The van der Waals surface area contributed by atoms with Crippen LogP contribution < -0.4 is 11.1 Å². The number of aliphatic hydroxyl groups excluding tert-OH is 1. The van der Waals surface area contributed by atoms with E-state index < -0.39 is 5.54 Å². The van der Waals surface area contributed by atoms with Gasteiger partial charge in [0.2, 0.25) is 0 Å². The van der Waals surface area contributed by atoms with Crippen LogP contribution in [0.3, 0.4) is 0 Å². The van der Waals surface area contributed by atoms with Crippen LogP contribution in [0.2, 0.25) is 0 Å². The Bertz CT molecular complexity index is 442. The van der Waals surface area contributed by atoms with Gasteiger partial charge in [-0.2, -0.15) is 0 Å². The lowest BCUT2D eigenvalue weighted by atomic mass is 10.1. The molecule has 18 heavy (non-hydrogen) atoms. The van der Waals surface area contributed by atoms with Crippen molar-refractivity contribution in [3.63, 3.8) is 0 Å². The van der Waals surface area contributed by atoms with E-state index in [1.165, 1.54) is 4.90 Å². The first-order valence-electron chi connectivity index (χ1n) is 5.77. The molecule has 0 fully saturated rings. The van der Waals surface area contributed by atoms with Gasteiger partial charge in [-0.05, 0) is 32.0 Å². The maximum absolute atomic E-state index is 11.9. The van der Waals surface area contributed by atoms with E-state index in [-0.39, 0.29) is 12.5 Å². The lowest BCUT2D eigenvalue weighted by Gasteiger charge is -2.26. The molecule has 4 N–H and O–H groups in total. The average Bonchev–Trinajstić information content (AvgIpc) is 2.30. The largest absolute Gasteiger partial charge is 0.397 e. The zero-order valence-electron chi connectivity index (χ0n) is 11.3. The van der Waals surface area contributed by atoms with Crippen LogP contribution in [-0.4, -0.2) is 42.2 Å². The molecule has 0 unspecified atom stereocenters. The molecule has 1 aromatic rings. The fourth-order valence-corrected chi connectivity index (χ4v) is 1.46. The van der Waals surface area contributed by atoms with E-state index in [9.17, 15) is 9.90 Å². The molecule has 0 aromatic heterocycles. The number of amides is 1. The van der Waals surface area contributed by atoms with Crippen molar-refractivity contribution in [3.8, 4) is 0 Å². The van der Waals surface area contributed by atoms with Crippen LogP contribution in [0.15, 0.2) is 18.2 Å². The lowest BCUT2D eigenvalue weighted by Crippen LogP contribution is -2.35. The van der Waals surface area contributed by atoms with Gasteiger partial charge < -0.3 is 21.1 Å². The Morgan fingerprint density at radius 1 is 1.44 bits per heavy atom. The summed E-state index contributed by atoms with van der Waals surface area (Å²) >= 11 is 0.